The lowest BCUT2D eigenvalue weighted by atomic mass is 10.0. The van der Waals surface area contributed by atoms with Gasteiger partial charge in [0.15, 0.2) is 11.6 Å². The second-order valence-corrected chi connectivity index (χ2v) is 5.67. The Balaban J connectivity index is 2.16. The van der Waals surface area contributed by atoms with Crippen LogP contribution in [0.25, 0.3) is 22.5 Å². The van der Waals surface area contributed by atoms with E-state index < -0.39 is 0 Å². The Bertz CT molecular complexity index is 802. The van der Waals surface area contributed by atoms with Gasteiger partial charge in [-0.25, -0.2) is 4.39 Å². The summed E-state index contributed by atoms with van der Waals surface area (Å²) in [6, 6.07) is 11.4. The fourth-order valence-electron chi connectivity index (χ4n) is 2.03. The number of nitrogens with zero attached hydrogens (tertiary/aromatic N) is 1. The van der Waals surface area contributed by atoms with Gasteiger partial charge in [0.05, 0.1) is 10.6 Å². The summed E-state index contributed by atoms with van der Waals surface area (Å²) in [5.74, 6) is 0.422. The Hall–Kier alpha value is -1.85. The van der Waals surface area contributed by atoms with E-state index in [9.17, 15) is 4.39 Å². The number of nitrogens with two attached hydrogens (primary N) is 1. The number of hydrogen-bond donors (Lipinski definition) is 1. The van der Waals surface area contributed by atoms with Crippen molar-refractivity contribution >= 4 is 33.3 Å². The zero-order valence-corrected chi connectivity index (χ0v) is 13.0. The van der Waals surface area contributed by atoms with Crippen LogP contribution < -0.4 is 5.73 Å². The molecular weight excluding hydrogens is 359 g/mol. The van der Waals surface area contributed by atoms with Crippen molar-refractivity contribution in [3.05, 3.63) is 57.8 Å². The fourth-order valence-corrected chi connectivity index (χ4v) is 2.46. The van der Waals surface area contributed by atoms with Gasteiger partial charge in [-0.3, -0.25) is 0 Å². The van der Waals surface area contributed by atoms with Crippen LogP contribution in [0.2, 0.25) is 5.02 Å². The van der Waals surface area contributed by atoms with Gasteiger partial charge < -0.3 is 10.3 Å². The van der Waals surface area contributed by atoms with Crippen LogP contribution >= 0.6 is 27.5 Å². The summed E-state index contributed by atoms with van der Waals surface area (Å²) in [5.41, 5.74) is 7.96. The average Bonchev–Trinajstić information content (AvgIpc) is 2.85. The molecule has 0 saturated carbocycles. The summed E-state index contributed by atoms with van der Waals surface area (Å²) < 4.78 is 19.2. The molecule has 0 aliphatic rings. The molecule has 0 bridgehead atoms. The van der Waals surface area contributed by atoms with E-state index >= 15 is 0 Å². The van der Waals surface area contributed by atoms with Crippen LogP contribution in [0, 0.1) is 5.82 Å². The lowest BCUT2D eigenvalue weighted by Crippen LogP contribution is -1.89. The number of aromatic nitrogens is 1. The van der Waals surface area contributed by atoms with Gasteiger partial charge in [-0.1, -0.05) is 28.9 Å². The first-order valence-corrected chi connectivity index (χ1v) is 7.20. The van der Waals surface area contributed by atoms with E-state index in [4.69, 9.17) is 21.9 Å². The Morgan fingerprint density at radius 2 is 1.76 bits per heavy atom. The first-order valence-electron chi connectivity index (χ1n) is 6.03. The average molecular weight is 368 g/mol. The molecule has 0 saturated heterocycles. The minimum Gasteiger partial charge on any atom is -0.380 e. The van der Waals surface area contributed by atoms with Gasteiger partial charge in [-0.05, 0) is 51.8 Å². The molecule has 0 amide bonds. The third-order valence-electron chi connectivity index (χ3n) is 3.03. The fraction of sp³-hybridized carbons (Fsp3) is 0. The molecule has 2 N–H and O–H groups in total. The predicted octanol–water partition coefficient (Wildman–Crippen LogP) is 5.15. The van der Waals surface area contributed by atoms with Crippen molar-refractivity contribution in [2.75, 3.05) is 5.73 Å². The van der Waals surface area contributed by atoms with E-state index in [-0.39, 0.29) is 11.6 Å². The Kier molecular flexibility index (Phi) is 3.69. The Labute approximate surface area is 133 Å². The monoisotopic (exact) mass is 366 g/mol. The zero-order chi connectivity index (χ0) is 15.0. The number of anilines is 1. The lowest BCUT2D eigenvalue weighted by molar-refractivity contribution is 0.436. The minimum absolute atomic E-state index is 0.246. The normalized spacial score (nSPS) is 10.8. The van der Waals surface area contributed by atoms with Crippen molar-refractivity contribution in [3.63, 3.8) is 0 Å². The molecule has 0 spiro atoms. The standard InChI is InChI=1S/C15H9BrClFN2O/c16-11-6-3-9(7-12(11)17)14-13(15(19)20-21-14)8-1-4-10(18)5-2-8/h1-7H,(H2,19,20). The molecule has 0 unspecified atom stereocenters. The van der Waals surface area contributed by atoms with E-state index in [0.717, 1.165) is 15.6 Å². The second kappa shape index (κ2) is 5.50. The Morgan fingerprint density at radius 3 is 2.43 bits per heavy atom. The first kappa shape index (κ1) is 14.1. The highest BCUT2D eigenvalue weighted by atomic mass is 79.9. The maximum absolute atomic E-state index is 13.1. The SMILES string of the molecule is Nc1noc(-c2ccc(Br)c(Cl)c2)c1-c1ccc(F)cc1. The highest BCUT2D eigenvalue weighted by Gasteiger charge is 2.18. The molecule has 0 atom stereocenters. The van der Waals surface area contributed by atoms with Crippen LogP contribution in [0.4, 0.5) is 10.2 Å². The summed E-state index contributed by atoms with van der Waals surface area (Å²) >= 11 is 9.43. The van der Waals surface area contributed by atoms with Crippen LogP contribution in [-0.2, 0) is 0 Å². The molecule has 21 heavy (non-hydrogen) atoms. The van der Waals surface area contributed by atoms with Crippen molar-refractivity contribution in [3.8, 4) is 22.5 Å². The highest BCUT2D eigenvalue weighted by molar-refractivity contribution is 9.10. The van der Waals surface area contributed by atoms with E-state index in [2.05, 4.69) is 21.1 Å². The van der Waals surface area contributed by atoms with E-state index in [1.54, 1.807) is 18.2 Å². The number of benzene rings is 2. The molecule has 0 fully saturated rings. The van der Waals surface area contributed by atoms with Crippen LogP contribution in [0.15, 0.2) is 51.5 Å². The third kappa shape index (κ3) is 2.66. The van der Waals surface area contributed by atoms with Gasteiger partial charge in [0.2, 0.25) is 0 Å². The second-order valence-electron chi connectivity index (χ2n) is 4.41. The van der Waals surface area contributed by atoms with Gasteiger partial charge in [-0.2, -0.15) is 0 Å². The molecular formula is C15H9BrClFN2O. The molecule has 1 aromatic heterocycles. The molecule has 1 heterocycles. The van der Waals surface area contributed by atoms with Crippen LogP contribution in [-0.4, -0.2) is 5.16 Å². The molecule has 3 nitrogen and oxygen atoms in total. The number of rotatable bonds is 2. The van der Waals surface area contributed by atoms with E-state index in [1.165, 1.54) is 12.1 Å². The quantitative estimate of drug-likeness (QED) is 0.682. The third-order valence-corrected chi connectivity index (χ3v) is 4.27. The largest absolute Gasteiger partial charge is 0.380 e. The van der Waals surface area contributed by atoms with Gasteiger partial charge in [0, 0.05) is 10.0 Å². The minimum atomic E-state index is -0.318. The summed E-state index contributed by atoms with van der Waals surface area (Å²) in [6.45, 7) is 0. The number of hydrogen-bond acceptors (Lipinski definition) is 3. The summed E-state index contributed by atoms with van der Waals surface area (Å²) in [6.07, 6.45) is 0. The molecule has 3 rings (SSSR count). The van der Waals surface area contributed by atoms with E-state index in [0.29, 0.717) is 16.3 Å². The summed E-state index contributed by atoms with van der Waals surface area (Å²) in [7, 11) is 0. The molecule has 2 aromatic carbocycles. The molecule has 3 aromatic rings. The Morgan fingerprint density at radius 1 is 1.10 bits per heavy atom. The van der Waals surface area contributed by atoms with Crippen molar-refractivity contribution in [1.29, 1.82) is 0 Å². The van der Waals surface area contributed by atoms with Gasteiger partial charge in [-0.15, -0.1) is 0 Å². The van der Waals surface area contributed by atoms with Crippen LogP contribution in [0.1, 0.15) is 0 Å². The van der Waals surface area contributed by atoms with Gasteiger partial charge in [0.25, 0.3) is 0 Å². The van der Waals surface area contributed by atoms with Gasteiger partial charge in [0.1, 0.15) is 5.82 Å². The molecule has 6 heteroatoms. The van der Waals surface area contributed by atoms with Crippen molar-refractivity contribution in [2.45, 2.75) is 0 Å². The van der Waals surface area contributed by atoms with Crippen molar-refractivity contribution in [2.24, 2.45) is 0 Å². The smallest absolute Gasteiger partial charge is 0.176 e. The molecule has 0 aliphatic carbocycles. The molecule has 106 valence electrons. The number of nitrogen functional groups attached to an aromatic ring is 1. The maximum Gasteiger partial charge on any atom is 0.176 e. The molecule has 0 aliphatic heterocycles. The number of halogens is 3. The highest BCUT2D eigenvalue weighted by Crippen LogP contribution is 2.38. The summed E-state index contributed by atoms with van der Waals surface area (Å²) in [5, 5.41) is 4.35. The lowest BCUT2D eigenvalue weighted by Gasteiger charge is -2.04. The van der Waals surface area contributed by atoms with Gasteiger partial charge >= 0.3 is 0 Å². The van der Waals surface area contributed by atoms with Crippen molar-refractivity contribution < 1.29 is 8.91 Å². The van der Waals surface area contributed by atoms with Crippen molar-refractivity contribution in [1.82, 2.24) is 5.16 Å². The predicted molar refractivity (Wildman–Crippen MR) is 84.5 cm³/mol. The zero-order valence-electron chi connectivity index (χ0n) is 10.6. The van der Waals surface area contributed by atoms with Crippen LogP contribution in [0.3, 0.4) is 0 Å². The van der Waals surface area contributed by atoms with Crippen LogP contribution in [0.5, 0.6) is 0 Å². The summed E-state index contributed by atoms with van der Waals surface area (Å²) in [4.78, 5) is 0. The maximum atomic E-state index is 13.1. The first-order chi connectivity index (χ1) is 10.1. The van der Waals surface area contributed by atoms with E-state index in [1.807, 2.05) is 12.1 Å². The molecule has 0 radical (unpaired) electrons. The topological polar surface area (TPSA) is 52.0 Å².